The van der Waals surface area contributed by atoms with Crippen molar-refractivity contribution in [1.29, 1.82) is 0 Å². The van der Waals surface area contributed by atoms with Crippen molar-refractivity contribution < 1.29 is 9.53 Å². The number of ether oxygens (including phenoxy) is 1. The van der Waals surface area contributed by atoms with Gasteiger partial charge in [-0.15, -0.1) is 0 Å². The van der Waals surface area contributed by atoms with Gasteiger partial charge in [-0.05, 0) is 39.5 Å². The van der Waals surface area contributed by atoms with Gasteiger partial charge in [0.25, 0.3) is 0 Å². The van der Waals surface area contributed by atoms with Crippen LogP contribution in [0, 0.1) is 0 Å². The van der Waals surface area contributed by atoms with Crippen LogP contribution in [0.15, 0.2) is 0 Å². The van der Waals surface area contributed by atoms with Gasteiger partial charge in [-0.3, -0.25) is 4.79 Å². The molecule has 0 aliphatic carbocycles. The normalized spacial score (nSPS) is 39.6. The van der Waals surface area contributed by atoms with Gasteiger partial charge in [0, 0.05) is 12.6 Å². The Kier molecular flexibility index (Phi) is 3.82. The van der Waals surface area contributed by atoms with Crippen LogP contribution in [0.5, 0.6) is 0 Å². The molecule has 4 atom stereocenters. The predicted molar refractivity (Wildman–Crippen MR) is 62.2 cm³/mol. The summed E-state index contributed by atoms with van der Waals surface area (Å²) in [4.78, 5) is 12.0. The Balaban J connectivity index is 1.82. The van der Waals surface area contributed by atoms with Crippen LogP contribution in [0.4, 0.5) is 0 Å². The molecule has 4 nitrogen and oxygen atoms in total. The van der Waals surface area contributed by atoms with Gasteiger partial charge >= 0.3 is 0 Å². The Hall–Kier alpha value is -0.610. The molecule has 2 saturated heterocycles. The fourth-order valence-electron chi connectivity index (χ4n) is 2.55. The zero-order valence-corrected chi connectivity index (χ0v) is 10.2. The first-order chi connectivity index (χ1) is 7.66. The molecule has 1 amide bonds. The van der Waals surface area contributed by atoms with Crippen LogP contribution in [-0.2, 0) is 9.53 Å². The summed E-state index contributed by atoms with van der Waals surface area (Å²) in [7, 11) is 0. The Morgan fingerprint density at radius 1 is 1.31 bits per heavy atom. The lowest BCUT2D eigenvalue weighted by molar-refractivity contribution is -0.125. The fraction of sp³-hybridized carbons (Fsp3) is 0.917. The third-order valence-electron chi connectivity index (χ3n) is 3.64. The van der Waals surface area contributed by atoms with Crippen LogP contribution in [0.1, 0.15) is 39.5 Å². The zero-order valence-electron chi connectivity index (χ0n) is 10.2. The highest BCUT2D eigenvalue weighted by Gasteiger charge is 2.30. The average molecular weight is 226 g/mol. The summed E-state index contributed by atoms with van der Waals surface area (Å²) in [5, 5.41) is 6.44. The monoisotopic (exact) mass is 226 g/mol. The van der Waals surface area contributed by atoms with Crippen LogP contribution in [0.2, 0.25) is 0 Å². The third kappa shape index (κ3) is 2.74. The van der Waals surface area contributed by atoms with Crippen LogP contribution in [-0.4, -0.2) is 36.7 Å². The highest BCUT2D eigenvalue weighted by atomic mass is 16.5. The predicted octanol–water partition coefficient (Wildman–Crippen LogP) is 0.811. The van der Waals surface area contributed by atoms with Gasteiger partial charge < -0.3 is 15.4 Å². The quantitative estimate of drug-likeness (QED) is 0.732. The second-order valence-corrected chi connectivity index (χ2v) is 5.03. The number of hydrogen-bond acceptors (Lipinski definition) is 3. The molecular formula is C12H22N2O2. The number of hydrogen-bond donors (Lipinski definition) is 2. The van der Waals surface area contributed by atoms with Crippen LogP contribution in [0.3, 0.4) is 0 Å². The van der Waals surface area contributed by atoms with Crippen LogP contribution >= 0.6 is 0 Å². The molecule has 2 rings (SSSR count). The molecule has 0 radical (unpaired) electrons. The first kappa shape index (κ1) is 11.9. The molecule has 0 bridgehead atoms. The Morgan fingerprint density at radius 2 is 2.12 bits per heavy atom. The standard InChI is InChI=1S/C12H22N2O2/c1-8-4-3-5-11(13-8)12(15)14-10-6-7-16-9(10)2/h8-11,13H,3-7H2,1-2H3,(H,14,15). The van der Waals surface area contributed by atoms with Gasteiger partial charge in [-0.1, -0.05) is 0 Å². The van der Waals surface area contributed by atoms with E-state index in [1.807, 2.05) is 6.92 Å². The van der Waals surface area contributed by atoms with Gasteiger partial charge in [-0.25, -0.2) is 0 Å². The summed E-state index contributed by atoms with van der Waals surface area (Å²) in [5.74, 6) is 0.147. The minimum atomic E-state index is -0.00319. The molecule has 4 unspecified atom stereocenters. The maximum absolute atomic E-state index is 12.0. The molecule has 0 aromatic rings. The molecule has 2 N–H and O–H groups in total. The van der Waals surface area contributed by atoms with Crippen molar-refractivity contribution in [3.05, 3.63) is 0 Å². The van der Waals surface area contributed by atoms with Crippen molar-refractivity contribution in [3.63, 3.8) is 0 Å². The lowest BCUT2D eigenvalue weighted by Crippen LogP contribution is -2.53. The summed E-state index contributed by atoms with van der Waals surface area (Å²) in [5.41, 5.74) is 0. The summed E-state index contributed by atoms with van der Waals surface area (Å²) in [6.45, 7) is 4.93. The van der Waals surface area contributed by atoms with E-state index in [4.69, 9.17) is 4.74 Å². The molecule has 2 aliphatic rings. The second-order valence-electron chi connectivity index (χ2n) is 5.03. The maximum atomic E-state index is 12.0. The molecule has 0 saturated carbocycles. The summed E-state index contributed by atoms with van der Waals surface area (Å²) >= 11 is 0. The van der Waals surface area contributed by atoms with Crippen molar-refractivity contribution in [3.8, 4) is 0 Å². The van der Waals surface area contributed by atoms with Crippen molar-refractivity contribution in [2.75, 3.05) is 6.61 Å². The lowest BCUT2D eigenvalue weighted by Gasteiger charge is -2.29. The number of piperidine rings is 1. The average Bonchev–Trinajstić information content (AvgIpc) is 2.64. The summed E-state index contributed by atoms with van der Waals surface area (Å²) < 4.78 is 5.44. The van der Waals surface area contributed by atoms with E-state index in [2.05, 4.69) is 17.6 Å². The number of nitrogens with one attached hydrogen (secondary N) is 2. The first-order valence-corrected chi connectivity index (χ1v) is 6.35. The zero-order chi connectivity index (χ0) is 11.5. The van der Waals surface area contributed by atoms with E-state index in [1.54, 1.807) is 0 Å². The van der Waals surface area contributed by atoms with Gasteiger partial charge in [-0.2, -0.15) is 0 Å². The van der Waals surface area contributed by atoms with Crippen molar-refractivity contribution >= 4 is 5.91 Å². The Bertz CT molecular complexity index is 257. The van der Waals surface area contributed by atoms with Crippen molar-refractivity contribution in [2.45, 2.75) is 63.8 Å². The Morgan fingerprint density at radius 3 is 2.75 bits per heavy atom. The van der Waals surface area contributed by atoms with E-state index in [0.29, 0.717) is 6.04 Å². The smallest absolute Gasteiger partial charge is 0.237 e. The fourth-order valence-corrected chi connectivity index (χ4v) is 2.55. The minimum absolute atomic E-state index is 0.00319. The molecule has 4 heteroatoms. The number of rotatable bonds is 2. The van der Waals surface area contributed by atoms with Crippen molar-refractivity contribution in [1.82, 2.24) is 10.6 Å². The highest BCUT2D eigenvalue weighted by molar-refractivity contribution is 5.82. The van der Waals surface area contributed by atoms with Gasteiger partial charge in [0.2, 0.25) is 5.91 Å². The van der Waals surface area contributed by atoms with E-state index >= 15 is 0 Å². The number of carbonyl (C=O) groups is 1. The topological polar surface area (TPSA) is 50.4 Å². The largest absolute Gasteiger partial charge is 0.376 e. The van der Waals surface area contributed by atoms with Gasteiger partial charge in [0.15, 0.2) is 0 Å². The summed E-state index contributed by atoms with van der Waals surface area (Å²) in [6, 6.07) is 0.657. The van der Waals surface area contributed by atoms with Gasteiger partial charge in [0.05, 0.1) is 18.2 Å². The van der Waals surface area contributed by atoms with E-state index in [0.717, 1.165) is 25.9 Å². The minimum Gasteiger partial charge on any atom is -0.376 e. The molecule has 0 spiro atoms. The first-order valence-electron chi connectivity index (χ1n) is 6.35. The summed E-state index contributed by atoms with van der Waals surface area (Å²) in [6.07, 6.45) is 4.37. The molecule has 16 heavy (non-hydrogen) atoms. The van der Waals surface area contributed by atoms with E-state index in [1.165, 1.54) is 6.42 Å². The lowest BCUT2D eigenvalue weighted by atomic mass is 9.98. The molecule has 92 valence electrons. The number of amides is 1. The molecule has 2 heterocycles. The molecular weight excluding hydrogens is 204 g/mol. The van der Waals surface area contributed by atoms with E-state index in [9.17, 15) is 4.79 Å². The van der Waals surface area contributed by atoms with Crippen LogP contribution < -0.4 is 10.6 Å². The van der Waals surface area contributed by atoms with E-state index in [-0.39, 0.29) is 24.1 Å². The second kappa shape index (κ2) is 5.15. The van der Waals surface area contributed by atoms with Crippen molar-refractivity contribution in [2.24, 2.45) is 0 Å². The molecule has 0 aromatic carbocycles. The third-order valence-corrected chi connectivity index (χ3v) is 3.64. The highest BCUT2D eigenvalue weighted by Crippen LogP contribution is 2.15. The number of carbonyl (C=O) groups excluding carboxylic acids is 1. The van der Waals surface area contributed by atoms with Crippen LogP contribution in [0.25, 0.3) is 0 Å². The molecule has 0 aromatic heterocycles. The van der Waals surface area contributed by atoms with Gasteiger partial charge in [0.1, 0.15) is 0 Å². The Labute approximate surface area is 97.1 Å². The molecule has 2 aliphatic heterocycles. The maximum Gasteiger partial charge on any atom is 0.237 e. The molecule has 2 fully saturated rings. The van der Waals surface area contributed by atoms with E-state index < -0.39 is 0 Å². The SMILES string of the molecule is CC1CCCC(C(=O)NC2CCOC2C)N1.